The lowest BCUT2D eigenvalue weighted by Crippen LogP contribution is -2.15. The Kier molecular flexibility index (Phi) is 4.68. The van der Waals surface area contributed by atoms with Crippen molar-refractivity contribution in [1.82, 2.24) is 24.9 Å². The zero-order valence-corrected chi connectivity index (χ0v) is 16.5. The molecule has 0 N–H and O–H groups in total. The van der Waals surface area contributed by atoms with E-state index in [0.29, 0.717) is 44.3 Å². The standard InChI is InChI=1S/C16H11ClN6O2S2/c1-8-14(27-22-18-8)15-19-20-16(26-15)23(7-24)13-9(2)25-21-12(13)10-5-3-4-6-11(10)17/h3-7H,1-2H3. The van der Waals surface area contributed by atoms with Crippen LogP contribution in [0.4, 0.5) is 10.8 Å². The topological polar surface area (TPSA) is 97.9 Å². The molecule has 0 aliphatic heterocycles. The van der Waals surface area contributed by atoms with Gasteiger partial charge in [-0.1, -0.05) is 50.8 Å². The van der Waals surface area contributed by atoms with E-state index in [0.717, 1.165) is 10.6 Å². The van der Waals surface area contributed by atoms with Crippen molar-refractivity contribution in [3.8, 4) is 21.1 Å². The average Bonchev–Trinajstić information content (AvgIpc) is 3.38. The summed E-state index contributed by atoms with van der Waals surface area (Å²) in [6.45, 7) is 3.56. The monoisotopic (exact) mass is 418 g/mol. The number of carbonyl (C=O) groups is 1. The Hall–Kier alpha value is -2.69. The van der Waals surface area contributed by atoms with Crippen LogP contribution in [0.25, 0.3) is 21.1 Å². The van der Waals surface area contributed by atoms with Crippen LogP contribution in [0.2, 0.25) is 5.02 Å². The molecule has 0 spiro atoms. The van der Waals surface area contributed by atoms with Gasteiger partial charge < -0.3 is 4.52 Å². The fraction of sp³-hybridized carbons (Fsp3) is 0.125. The Labute approximate surface area is 166 Å². The summed E-state index contributed by atoms with van der Waals surface area (Å²) < 4.78 is 9.24. The molecule has 27 heavy (non-hydrogen) atoms. The van der Waals surface area contributed by atoms with Gasteiger partial charge in [0, 0.05) is 5.56 Å². The molecule has 136 valence electrons. The Bertz CT molecular complexity index is 1120. The van der Waals surface area contributed by atoms with E-state index in [1.165, 1.54) is 27.8 Å². The van der Waals surface area contributed by atoms with Crippen LogP contribution in [0.3, 0.4) is 0 Å². The first kappa shape index (κ1) is 17.7. The number of nitrogens with zero attached hydrogens (tertiary/aromatic N) is 6. The van der Waals surface area contributed by atoms with Gasteiger partial charge in [0.15, 0.2) is 10.8 Å². The minimum absolute atomic E-state index is 0.382. The Morgan fingerprint density at radius 2 is 2.00 bits per heavy atom. The molecule has 4 rings (SSSR count). The molecule has 1 aromatic carbocycles. The minimum Gasteiger partial charge on any atom is -0.359 e. The predicted octanol–water partition coefficient (Wildman–Crippen LogP) is 4.28. The molecule has 0 aliphatic rings. The summed E-state index contributed by atoms with van der Waals surface area (Å²) in [6, 6.07) is 7.21. The number of amides is 1. The Balaban J connectivity index is 1.80. The first-order chi connectivity index (χ1) is 13.1. The maximum atomic E-state index is 11.9. The quantitative estimate of drug-likeness (QED) is 0.446. The number of hydrogen-bond donors (Lipinski definition) is 0. The Morgan fingerprint density at radius 1 is 1.19 bits per heavy atom. The van der Waals surface area contributed by atoms with Crippen LogP contribution < -0.4 is 4.90 Å². The molecule has 0 bridgehead atoms. The van der Waals surface area contributed by atoms with Crippen LogP contribution in [0.15, 0.2) is 28.8 Å². The minimum atomic E-state index is 0.382. The van der Waals surface area contributed by atoms with Crippen molar-refractivity contribution in [3.63, 3.8) is 0 Å². The van der Waals surface area contributed by atoms with Crippen LogP contribution >= 0.6 is 34.5 Å². The van der Waals surface area contributed by atoms with Gasteiger partial charge in [-0.05, 0) is 31.4 Å². The second kappa shape index (κ2) is 7.14. The summed E-state index contributed by atoms with van der Waals surface area (Å²) in [7, 11) is 0. The molecule has 3 aromatic heterocycles. The lowest BCUT2D eigenvalue weighted by atomic mass is 10.1. The number of benzene rings is 1. The summed E-state index contributed by atoms with van der Waals surface area (Å²) in [5.41, 5.74) is 2.35. The zero-order chi connectivity index (χ0) is 19.0. The molecule has 4 aromatic rings. The largest absolute Gasteiger partial charge is 0.359 e. The molecule has 0 atom stereocenters. The van der Waals surface area contributed by atoms with Gasteiger partial charge in [0.05, 0.1) is 10.7 Å². The highest BCUT2D eigenvalue weighted by Crippen LogP contribution is 2.41. The third kappa shape index (κ3) is 3.11. The SMILES string of the molecule is Cc1nnsc1-c1nnc(N(C=O)c2c(-c3ccccc3Cl)noc2C)s1. The maximum Gasteiger partial charge on any atom is 0.220 e. The van der Waals surface area contributed by atoms with E-state index >= 15 is 0 Å². The molecule has 0 unspecified atom stereocenters. The molecule has 0 saturated heterocycles. The molecule has 11 heteroatoms. The van der Waals surface area contributed by atoms with Crippen LogP contribution in [-0.2, 0) is 4.79 Å². The fourth-order valence-corrected chi connectivity index (χ4v) is 4.31. The second-order valence-electron chi connectivity index (χ2n) is 5.47. The smallest absolute Gasteiger partial charge is 0.220 e. The van der Waals surface area contributed by atoms with Gasteiger partial charge in [0.2, 0.25) is 11.5 Å². The molecule has 1 amide bonds. The maximum absolute atomic E-state index is 11.9. The van der Waals surface area contributed by atoms with Gasteiger partial charge in [-0.25, -0.2) is 0 Å². The number of aromatic nitrogens is 5. The molecule has 3 heterocycles. The van der Waals surface area contributed by atoms with E-state index in [1.54, 1.807) is 13.0 Å². The van der Waals surface area contributed by atoms with Crippen LogP contribution in [0.1, 0.15) is 11.5 Å². The molecule has 0 radical (unpaired) electrons. The number of hydrogen-bond acceptors (Lipinski definition) is 9. The van der Waals surface area contributed by atoms with Crippen molar-refractivity contribution in [2.24, 2.45) is 0 Å². The van der Waals surface area contributed by atoms with Crippen LogP contribution in [-0.4, -0.2) is 31.4 Å². The van der Waals surface area contributed by atoms with Crippen molar-refractivity contribution in [2.75, 3.05) is 4.90 Å². The summed E-state index contributed by atoms with van der Waals surface area (Å²) in [5.74, 6) is 0.462. The fourth-order valence-electron chi connectivity index (χ4n) is 2.51. The van der Waals surface area contributed by atoms with Gasteiger partial charge in [0.1, 0.15) is 16.3 Å². The summed E-state index contributed by atoms with van der Waals surface area (Å²) in [4.78, 5) is 14.1. The van der Waals surface area contributed by atoms with Crippen LogP contribution in [0, 0.1) is 13.8 Å². The van der Waals surface area contributed by atoms with Gasteiger partial charge in [-0.15, -0.1) is 15.3 Å². The third-order valence-electron chi connectivity index (χ3n) is 3.77. The van der Waals surface area contributed by atoms with E-state index in [9.17, 15) is 4.79 Å². The van der Waals surface area contributed by atoms with E-state index in [4.69, 9.17) is 16.1 Å². The number of aryl methyl sites for hydroxylation is 2. The lowest BCUT2D eigenvalue weighted by Gasteiger charge is -2.13. The number of anilines is 2. The molecule has 0 aliphatic carbocycles. The molecule has 0 saturated carbocycles. The first-order valence-corrected chi connectivity index (χ1v) is 9.65. The van der Waals surface area contributed by atoms with Crippen molar-refractivity contribution in [2.45, 2.75) is 13.8 Å². The van der Waals surface area contributed by atoms with E-state index in [-0.39, 0.29) is 0 Å². The summed E-state index contributed by atoms with van der Waals surface area (Å²) in [5, 5.41) is 17.9. The third-order valence-corrected chi connectivity index (χ3v) is 6.01. The molecule has 0 fully saturated rings. The summed E-state index contributed by atoms with van der Waals surface area (Å²) in [6.07, 6.45) is 0.655. The van der Waals surface area contributed by atoms with Gasteiger partial charge in [-0.3, -0.25) is 9.69 Å². The molecular formula is C16H11ClN6O2S2. The van der Waals surface area contributed by atoms with Gasteiger partial charge >= 0.3 is 0 Å². The van der Waals surface area contributed by atoms with Crippen molar-refractivity contribution >= 4 is 51.7 Å². The first-order valence-electron chi connectivity index (χ1n) is 7.68. The van der Waals surface area contributed by atoms with Gasteiger partial charge in [0.25, 0.3) is 0 Å². The predicted molar refractivity (Wildman–Crippen MR) is 103 cm³/mol. The van der Waals surface area contributed by atoms with Gasteiger partial charge in [-0.2, -0.15) is 0 Å². The van der Waals surface area contributed by atoms with Crippen LogP contribution in [0.5, 0.6) is 0 Å². The van der Waals surface area contributed by atoms with E-state index < -0.39 is 0 Å². The van der Waals surface area contributed by atoms with E-state index in [1.807, 2.05) is 25.1 Å². The number of halogens is 1. The molecule has 8 nitrogen and oxygen atoms in total. The molecular weight excluding hydrogens is 408 g/mol. The highest BCUT2D eigenvalue weighted by molar-refractivity contribution is 7.22. The highest BCUT2D eigenvalue weighted by atomic mass is 35.5. The van der Waals surface area contributed by atoms with Crippen molar-refractivity contribution in [1.29, 1.82) is 0 Å². The second-order valence-corrected chi connectivity index (χ2v) is 7.59. The number of carbonyl (C=O) groups excluding carboxylic acids is 1. The number of rotatable bonds is 5. The van der Waals surface area contributed by atoms with Crippen molar-refractivity contribution in [3.05, 3.63) is 40.7 Å². The summed E-state index contributed by atoms with van der Waals surface area (Å²) >= 11 is 8.78. The normalized spacial score (nSPS) is 10.9. The average molecular weight is 419 g/mol. The van der Waals surface area contributed by atoms with E-state index in [2.05, 4.69) is 24.9 Å². The van der Waals surface area contributed by atoms with Crippen molar-refractivity contribution < 1.29 is 9.32 Å². The Morgan fingerprint density at radius 3 is 2.70 bits per heavy atom. The highest BCUT2D eigenvalue weighted by Gasteiger charge is 2.26. The zero-order valence-electron chi connectivity index (χ0n) is 14.1. The lowest BCUT2D eigenvalue weighted by molar-refractivity contribution is -0.106.